The molecule has 0 saturated carbocycles. The molecule has 4 rings (SSSR count). The Morgan fingerprint density at radius 2 is 2.31 bits per heavy atom. The lowest BCUT2D eigenvalue weighted by Gasteiger charge is -2.33. The summed E-state index contributed by atoms with van der Waals surface area (Å²) in [6.07, 6.45) is 5.09. The van der Waals surface area contributed by atoms with E-state index in [1.54, 1.807) is 11.7 Å². The van der Waals surface area contributed by atoms with Gasteiger partial charge in [-0.05, 0) is 26.2 Å². The Labute approximate surface area is 171 Å². The first-order valence-electron chi connectivity index (χ1n) is 9.62. The maximum Gasteiger partial charge on any atom is 0.263 e. The predicted molar refractivity (Wildman–Crippen MR) is 108 cm³/mol. The second-order valence-electron chi connectivity index (χ2n) is 6.94. The number of rotatable bonds is 6. The third-order valence-electron chi connectivity index (χ3n) is 4.74. The molecule has 1 unspecified atom stereocenters. The molecule has 152 valence electrons. The van der Waals surface area contributed by atoms with E-state index in [1.807, 2.05) is 6.92 Å². The Balaban J connectivity index is 1.56. The van der Waals surface area contributed by atoms with Crippen LogP contribution in [-0.2, 0) is 11.2 Å². The molecule has 1 aliphatic heterocycles. The lowest BCUT2D eigenvalue weighted by molar-refractivity contribution is -0.120. The SMILES string of the molecule is CCCc1noc(-c2cnc(C)nc2N2CCCC(C(=O)Nc3nncs3)C2)n1. The molecule has 0 bridgehead atoms. The monoisotopic (exact) mass is 414 g/mol. The van der Waals surface area contributed by atoms with Gasteiger partial charge in [0.2, 0.25) is 11.0 Å². The first-order chi connectivity index (χ1) is 14.1. The maximum absolute atomic E-state index is 12.7. The Morgan fingerprint density at radius 3 is 3.10 bits per heavy atom. The molecule has 1 aliphatic rings. The van der Waals surface area contributed by atoms with E-state index >= 15 is 0 Å². The van der Waals surface area contributed by atoms with Crippen molar-refractivity contribution < 1.29 is 9.32 Å². The van der Waals surface area contributed by atoms with Gasteiger partial charge in [-0.1, -0.05) is 23.4 Å². The van der Waals surface area contributed by atoms with Crippen molar-refractivity contribution in [3.05, 3.63) is 23.4 Å². The van der Waals surface area contributed by atoms with Crippen LogP contribution in [0.5, 0.6) is 0 Å². The molecule has 10 nitrogen and oxygen atoms in total. The number of aromatic nitrogens is 6. The van der Waals surface area contributed by atoms with Crippen LogP contribution in [0.1, 0.15) is 37.8 Å². The van der Waals surface area contributed by atoms with Gasteiger partial charge in [-0.3, -0.25) is 4.79 Å². The number of amides is 1. The fourth-order valence-electron chi connectivity index (χ4n) is 3.36. The number of aryl methyl sites for hydroxylation is 2. The van der Waals surface area contributed by atoms with E-state index in [9.17, 15) is 4.79 Å². The van der Waals surface area contributed by atoms with E-state index in [1.165, 1.54) is 11.3 Å². The van der Waals surface area contributed by atoms with Gasteiger partial charge in [0.25, 0.3) is 5.89 Å². The molecule has 1 fully saturated rings. The standard InChI is InChI=1S/C18H22N8O2S/c1-3-5-14-22-17(28-25-14)13-8-19-11(2)21-15(13)26-7-4-6-12(9-26)16(27)23-18-24-20-10-29-18/h8,10,12H,3-7,9H2,1-2H3,(H,23,24,27). The van der Waals surface area contributed by atoms with Crippen molar-refractivity contribution in [3.63, 3.8) is 0 Å². The van der Waals surface area contributed by atoms with E-state index in [2.05, 4.69) is 47.4 Å². The molecule has 1 saturated heterocycles. The van der Waals surface area contributed by atoms with Gasteiger partial charge in [-0.2, -0.15) is 4.98 Å². The van der Waals surface area contributed by atoms with Crippen LogP contribution in [0.25, 0.3) is 11.5 Å². The van der Waals surface area contributed by atoms with Crippen LogP contribution in [0.2, 0.25) is 0 Å². The van der Waals surface area contributed by atoms with Crippen molar-refractivity contribution in [3.8, 4) is 11.5 Å². The Kier molecular flexibility index (Phi) is 5.74. The quantitative estimate of drug-likeness (QED) is 0.648. The summed E-state index contributed by atoms with van der Waals surface area (Å²) in [6, 6.07) is 0. The van der Waals surface area contributed by atoms with Crippen molar-refractivity contribution in [2.45, 2.75) is 39.5 Å². The first kappa shape index (κ1) is 19.4. The van der Waals surface area contributed by atoms with Gasteiger partial charge >= 0.3 is 0 Å². The summed E-state index contributed by atoms with van der Waals surface area (Å²) in [4.78, 5) is 28.2. The van der Waals surface area contributed by atoms with Crippen molar-refractivity contribution in [2.75, 3.05) is 23.3 Å². The minimum atomic E-state index is -0.172. The van der Waals surface area contributed by atoms with Crippen molar-refractivity contribution in [1.82, 2.24) is 30.3 Å². The average Bonchev–Trinajstić information content (AvgIpc) is 3.40. The topological polar surface area (TPSA) is 123 Å². The number of hydrogen-bond donors (Lipinski definition) is 1. The molecular weight excluding hydrogens is 392 g/mol. The van der Waals surface area contributed by atoms with E-state index in [0.29, 0.717) is 34.8 Å². The summed E-state index contributed by atoms with van der Waals surface area (Å²) < 4.78 is 5.46. The summed E-state index contributed by atoms with van der Waals surface area (Å²) in [5, 5.41) is 15.0. The highest BCUT2D eigenvalue weighted by molar-refractivity contribution is 7.13. The van der Waals surface area contributed by atoms with Crippen LogP contribution in [0.4, 0.5) is 10.9 Å². The number of nitrogens with zero attached hydrogens (tertiary/aromatic N) is 7. The molecular formula is C18H22N8O2S. The number of anilines is 2. The average molecular weight is 414 g/mol. The third kappa shape index (κ3) is 4.39. The minimum absolute atomic E-state index is 0.0539. The lowest BCUT2D eigenvalue weighted by Crippen LogP contribution is -2.41. The molecule has 1 atom stereocenters. The van der Waals surface area contributed by atoms with Crippen molar-refractivity contribution >= 4 is 28.2 Å². The maximum atomic E-state index is 12.7. The van der Waals surface area contributed by atoms with E-state index in [0.717, 1.165) is 38.0 Å². The van der Waals surface area contributed by atoms with E-state index in [-0.39, 0.29) is 11.8 Å². The van der Waals surface area contributed by atoms with Gasteiger partial charge in [-0.15, -0.1) is 10.2 Å². The van der Waals surface area contributed by atoms with Crippen LogP contribution in [-0.4, -0.2) is 49.3 Å². The van der Waals surface area contributed by atoms with Crippen LogP contribution in [0.15, 0.2) is 16.2 Å². The highest BCUT2D eigenvalue weighted by Crippen LogP contribution is 2.31. The third-order valence-corrected chi connectivity index (χ3v) is 5.35. The Hall–Kier alpha value is -2.95. The molecule has 3 aromatic heterocycles. The smallest absolute Gasteiger partial charge is 0.263 e. The van der Waals surface area contributed by atoms with Crippen LogP contribution >= 0.6 is 11.3 Å². The fraction of sp³-hybridized carbons (Fsp3) is 0.500. The second kappa shape index (κ2) is 8.60. The number of nitrogens with one attached hydrogen (secondary N) is 1. The molecule has 0 aromatic carbocycles. The van der Waals surface area contributed by atoms with Crippen LogP contribution < -0.4 is 10.2 Å². The molecule has 1 amide bonds. The van der Waals surface area contributed by atoms with Gasteiger partial charge < -0.3 is 14.7 Å². The summed E-state index contributed by atoms with van der Waals surface area (Å²) in [6.45, 7) is 5.25. The molecule has 1 N–H and O–H groups in total. The highest BCUT2D eigenvalue weighted by Gasteiger charge is 2.29. The summed E-state index contributed by atoms with van der Waals surface area (Å²) in [5.74, 6) is 2.22. The minimum Gasteiger partial charge on any atom is -0.355 e. The summed E-state index contributed by atoms with van der Waals surface area (Å²) in [7, 11) is 0. The molecule has 11 heteroatoms. The lowest BCUT2D eigenvalue weighted by atomic mass is 9.97. The number of piperidine rings is 1. The first-order valence-corrected chi connectivity index (χ1v) is 10.5. The van der Waals surface area contributed by atoms with Crippen LogP contribution in [0.3, 0.4) is 0 Å². The zero-order valence-corrected chi connectivity index (χ0v) is 17.1. The fourth-order valence-corrected chi connectivity index (χ4v) is 3.80. The summed E-state index contributed by atoms with van der Waals surface area (Å²) >= 11 is 1.30. The van der Waals surface area contributed by atoms with E-state index in [4.69, 9.17) is 4.52 Å². The molecule has 4 heterocycles. The predicted octanol–water partition coefficient (Wildman–Crippen LogP) is 2.49. The van der Waals surface area contributed by atoms with Gasteiger partial charge in [-0.25, -0.2) is 9.97 Å². The van der Waals surface area contributed by atoms with Gasteiger partial charge in [0.15, 0.2) is 5.82 Å². The molecule has 3 aromatic rings. The highest BCUT2D eigenvalue weighted by atomic mass is 32.1. The number of hydrogen-bond acceptors (Lipinski definition) is 10. The van der Waals surface area contributed by atoms with Gasteiger partial charge in [0, 0.05) is 25.7 Å². The van der Waals surface area contributed by atoms with Crippen LogP contribution in [0, 0.1) is 12.8 Å². The number of carbonyl (C=O) groups excluding carboxylic acids is 1. The van der Waals surface area contributed by atoms with E-state index < -0.39 is 0 Å². The molecule has 0 aliphatic carbocycles. The van der Waals surface area contributed by atoms with Gasteiger partial charge in [0.05, 0.1) is 5.92 Å². The van der Waals surface area contributed by atoms with Crippen molar-refractivity contribution in [1.29, 1.82) is 0 Å². The normalized spacial score (nSPS) is 16.8. The summed E-state index contributed by atoms with van der Waals surface area (Å²) in [5.41, 5.74) is 2.28. The Bertz CT molecular complexity index is 974. The Morgan fingerprint density at radius 1 is 1.41 bits per heavy atom. The molecule has 0 spiro atoms. The molecule has 0 radical (unpaired) electrons. The van der Waals surface area contributed by atoms with Gasteiger partial charge in [0.1, 0.15) is 22.7 Å². The largest absolute Gasteiger partial charge is 0.355 e. The van der Waals surface area contributed by atoms with Crippen molar-refractivity contribution in [2.24, 2.45) is 5.92 Å². The zero-order valence-electron chi connectivity index (χ0n) is 16.3. The molecule has 29 heavy (non-hydrogen) atoms. The second-order valence-corrected chi connectivity index (χ2v) is 7.77. The zero-order chi connectivity index (χ0) is 20.2. The number of carbonyl (C=O) groups is 1.